The van der Waals surface area contributed by atoms with Crippen molar-refractivity contribution in [2.24, 2.45) is 0 Å². The number of rotatable bonds is 6. The zero-order chi connectivity index (χ0) is 19.6. The summed E-state index contributed by atoms with van der Waals surface area (Å²) < 4.78 is 31.2. The molecule has 0 unspecified atom stereocenters. The summed E-state index contributed by atoms with van der Waals surface area (Å²) in [4.78, 5) is 16.8. The van der Waals surface area contributed by atoms with Gasteiger partial charge in [0.2, 0.25) is 10.0 Å². The number of nitrogens with one attached hydrogen (secondary N) is 1. The third-order valence-corrected chi connectivity index (χ3v) is 6.96. The van der Waals surface area contributed by atoms with Crippen molar-refractivity contribution in [2.75, 3.05) is 12.4 Å². The molecule has 0 saturated carbocycles. The van der Waals surface area contributed by atoms with Crippen molar-refractivity contribution >= 4 is 33.0 Å². The molecule has 2 heterocycles. The monoisotopic (exact) mass is 405 g/mol. The van der Waals surface area contributed by atoms with Gasteiger partial charge in [0.1, 0.15) is 17.0 Å². The molecule has 3 aromatic rings. The van der Waals surface area contributed by atoms with Gasteiger partial charge in [-0.3, -0.25) is 4.79 Å². The molecule has 2 aromatic heterocycles. The Morgan fingerprint density at radius 3 is 2.52 bits per heavy atom. The van der Waals surface area contributed by atoms with Crippen molar-refractivity contribution in [2.45, 2.75) is 24.8 Å². The van der Waals surface area contributed by atoms with Crippen LogP contribution in [-0.4, -0.2) is 36.7 Å². The van der Waals surface area contributed by atoms with Crippen molar-refractivity contribution < 1.29 is 17.6 Å². The zero-order valence-corrected chi connectivity index (χ0v) is 16.7. The first-order chi connectivity index (χ1) is 12.8. The number of anilines is 1. The van der Waals surface area contributed by atoms with Crippen LogP contribution in [0.4, 0.5) is 5.69 Å². The Hall–Kier alpha value is -2.49. The number of furan rings is 1. The average molecular weight is 406 g/mol. The Morgan fingerprint density at radius 1 is 1.22 bits per heavy atom. The second-order valence-corrected chi connectivity index (χ2v) is 9.00. The molecule has 1 N–H and O–H groups in total. The Bertz CT molecular complexity index is 1020. The van der Waals surface area contributed by atoms with Gasteiger partial charge in [-0.2, -0.15) is 4.31 Å². The van der Waals surface area contributed by atoms with E-state index in [1.807, 2.05) is 0 Å². The van der Waals surface area contributed by atoms with Gasteiger partial charge >= 0.3 is 0 Å². The van der Waals surface area contributed by atoms with Gasteiger partial charge in [0.15, 0.2) is 0 Å². The van der Waals surface area contributed by atoms with Crippen molar-refractivity contribution in [3.63, 3.8) is 0 Å². The highest BCUT2D eigenvalue weighted by molar-refractivity contribution is 7.89. The van der Waals surface area contributed by atoms with E-state index in [1.165, 1.54) is 34.8 Å². The zero-order valence-electron chi connectivity index (χ0n) is 15.0. The van der Waals surface area contributed by atoms with E-state index in [-0.39, 0.29) is 22.5 Å². The SMILES string of the molecule is CC(C)N(C)S(=O)(=O)c1ccc(NC(=O)c2csc(-c3ccoc3)n2)cc1. The number of nitrogens with zero attached hydrogens (tertiary/aromatic N) is 2. The third-order valence-electron chi connectivity index (χ3n) is 4.02. The van der Waals surface area contributed by atoms with E-state index in [0.29, 0.717) is 10.7 Å². The quantitative estimate of drug-likeness (QED) is 0.675. The predicted octanol–water partition coefficient (Wildman–Crippen LogP) is 3.68. The maximum Gasteiger partial charge on any atom is 0.275 e. The number of thiazole rings is 1. The molecule has 142 valence electrons. The summed E-state index contributed by atoms with van der Waals surface area (Å²) >= 11 is 1.34. The van der Waals surface area contributed by atoms with Crippen molar-refractivity contribution in [3.8, 4) is 10.6 Å². The smallest absolute Gasteiger partial charge is 0.275 e. The summed E-state index contributed by atoms with van der Waals surface area (Å²) in [6.07, 6.45) is 3.11. The van der Waals surface area contributed by atoms with E-state index in [2.05, 4.69) is 10.3 Å². The molecule has 1 aromatic carbocycles. The first kappa shape index (κ1) is 19.3. The maximum absolute atomic E-state index is 12.5. The lowest BCUT2D eigenvalue weighted by molar-refractivity contribution is 0.102. The molecule has 0 fully saturated rings. The number of sulfonamides is 1. The molecule has 0 atom stereocenters. The lowest BCUT2D eigenvalue weighted by atomic mass is 10.3. The van der Waals surface area contributed by atoms with Crippen LogP contribution in [0.3, 0.4) is 0 Å². The van der Waals surface area contributed by atoms with E-state index < -0.39 is 10.0 Å². The normalized spacial score (nSPS) is 11.9. The summed E-state index contributed by atoms with van der Waals surface area (Å²) in [6.45, 7) is 3.61. The van der Waals surface area contributed by atoms with Gasteiger partial charge in [0.05, 0.1) is 11.2 Å². The minimum absolute atomic E-state index is 0.150. The summed E-state index contributed by atoms with van der Waals surface area (Å²) in [6, 6.07) is 7.69. The largest absolute Gasteiger partial charge is 0.472 e. The number of amides is 1. The highest BCUT2D eigenvalue weighted by Gasteiger charge is 2.23. The molecule has 0 aliphatic rings. The molecule has 0 spiro atoms. The van der Waals surface area contributed by atoms with Crippen LogP contribution in [0.25, 0.3) is 10.6 Å². The Labute approximate surface area is 161 Å². The number of carbonyl (C=O) groups excluding carboxylic acids is 1. The van der Waals surface area contributed by atoms with Crippen LogP contribution in [0, 0.1) is 0 Å². The molecule has 9 heteroatoms. The van der Waals surface area contributed by atoms with Crippen LogP contribution in [-0.2, 0) is 10.0 Å². The lowest BCUT2D eigenvalue weighted by Gasteiger charge is -2.21. The minimum Gasteiger partial charge on any atom is -0.472 e. The van der Waals surface area contributed by atoms with Gasteiger partial charge in [-0.15, -0.1) is 11.3 Å². The summed E-state index contributed by atoms with van der Waals surface area (Å²) in [7, 11) is -2.02. The second-order valence-electron chi connectivity index (χ2n) is 6.14. The summed E-state index contributed by atoms with van der Waals surface area (Å²) in [5.74, 6) is -0.365. The van der Waals surface area contributed by atoms with E-state index in [0.717, 1.165) is 5.56 Å². The second kappa shape index (κ2) is 7.63. The number of hydrogen-bond donors (Lipinski definition) is 1. The Morgan fingerprint density at radius 2 is 1.93 bits per heavy atom. The molecule has 3 rings (SSSR count). The van der Waals surface area contributed by atoms with Crippen molar-refractivity contribution in [3.05, 3.63) is 53.9 Å². The number of benzene rings is 1. The Balaban J connectivity index is 1.72. The Kier molecular flexibility index (Phi) is 5.45. The molecular weight excluding hydrogens is 386 g/mol. The highest BCUT2D eigenvalue weighted by atomic mass is 32.2. The van der Waals surface area contributed by atoms with Crippen LogP contribution >= 0.6 is 11.3 Å². The molecule has 27 heavy (non-hydrogen) atoms. The molecule has 0 saturated heterocycles. The summed E-state index contributed by atoms with van der Waals surface area (Å²) in [5, 5.41) is 5.07. The van der Waals surface area contributed by atoms with Crippen LogP contribution in [0.1, 0.15) is 24.3 Å². The van der Waals surface area contributed by atoms with Gasteiger partial charge in [-0.1, -0.05) is 0 Å². The number of hydrogen-bond acceptors (Lipinski definition) is 6. The fourth-order valence-electron chi connectivity index (χ4n) is 2.25. The van der Waals surface area contributed by atoms with Crippen LogP contribution in [0.5, 0.6) is 0 Å². The third kappa shape index (κ3) is 4.10. The van der Waals surface area contributed by atoms with E-state index in [1.54, 1.807) is 50.0 Å². The summed E-state index contributed by atoms with van der Waals surface area (Å²) in [5.41, 5.74) is 1.58. The van der Waals surface area contributed by atoms with Crippen LogP contribution < -0.4 is 5.32 Å². The predicted molar refractivity (Wildman–Crippen MR) is 104 cm³/mol. The molecule has 0 aliphatic heterocycles. The minimum atomic E-state index is -3.56. The first-order valence-corrected chi connectivity index (χ1v) is 10.5. The molecular formula is C18H19N3O4S2. The topological polar surface area (TPSA) is 92.5 Å². The number of aromatic nitrogens is 1. The van der Waals surface area contributed by atoms with Crippen molar-refractivity contribution in [1.82, 2.24) is 9.29 Å². The molecule has 0 bridgehead atoms. The number of carbonyl (C=O) groups is 1. The molecule has 0 aliphatic carbocycles. The van der Waals surface area contributed by atoms with E-state index in [9.17, 15) is 13.2 Å². The molecule has 1 amide bonds. The van der Waals surface area contributed by atoms with Gasteiger partial charge < -0.3 is 9.73 Å². The standard InChI is InChI=1S/C18H19N3O4S2/c1-12(2)21(3)27(23,24)15-6-4-14(5-7-15)19-17(22)16-11-26-18(20-16)13-8-9-25-10-13/h4-12H,1-3H3,(H,19,22). The lowest BCUT2D eigenvalue weighted by Crippen LogP contribution is -2.33. The van der Waals surface area contributed by atoms with Gasteiger partial charge in [-0.25, -0.2) is 13.4 Å². The molecule has 0 radical (unpaired) electrons. The van der Waals surface area contributed by atoms with Gasteiger partial charge in [0, 0.05) is 29.7 Å². The molecule has 7 nitrogen and oxygen atoms in total. The average Bonchev–Trinajstić information content (AvgIpc) is 3.32. The van der Waals surface area contributed by atoms with Crippen molar-refractivity contribution in [1.29, 1.82) is 0 Å². The van der Waals surface area contributed by atoms with E-state index in [4.69, 9.17) is 4.42 Å². The van der Waals surface area contributed by atoms with Crippen LogP contribution in [0.2, 0.25) is 0 Å². The fraction of sp³-hybridized carbons (Fsp3) is 0.222. The van der Waals surface area contributed by atoms with E-state index >= 15 is 0 Å². The maximum atomic E-state index is 12.5. The van der Waals surface area contributed by atoms with Crippen LogP contribution in [0.15, 0.2) is 57.6 Å². The first-order valence-electron chi connectivity index (χ1n) is 8.16. The van der Waals surface area contributed by atoms with Gasteiger partial charge in [-0.05, 0) is 44.2 Å². The van der Waals surface area contributed by atoms with Gasteiger partial charge in [0.25, 0.3) is 5.91 Å². The highest BCUT2D eigenvalue weighted by Crippen LogP contribution is 2.25. The fourth-order valence-corrected chi connectivity index (χ4v) is 4.40.